The molecule has 3 atom stereocenters. The molecule has 1 aromatic heterocycles. The molecule has 0 radical (unpaired) electrons. The van der Waals surface area contributed by atoms with Crippen LogP contribution in [0.25, 0.3) is 0 Å². The van der Waals surface area contributed by atoms with Crippen molar-refractivity contribution in [2.24, 2.45) is 11.8 Å². The fraction of sp³-hybridized carbons (Fsp3) is 0.800. The Morgan fingerprint density at radius 1 is 1.40 bits per heavy atom. The third-order valence-corrected chi connectivity index (χ3v) is 5.38. The number of rotatable bonds is 5. The number of hydrogen-bond acceptors (Lipinski definition) is 4. The van der Waals surface area contributed by atoms with E-state index < -0.39 is 0 Å². The van der Waals surface area contributed by atoms with Gasteiger partial charge in [-0.15, -0.1) is 0 Å². The number of hydrogen-bond donors (Lipinski definition) is 2. The Morgan fingerprint density at radius 2 is 2.10 bits per heavy atom. The quantitative estimate of drug-likeness (QED) is 0.626. The predicted molar refractivity (Wildman–Crippen MR) is 80.0 cm³/mol. The number of nitrogens with zero attached hydrogens (tertiary/aromatic N) is 3. The number of aromatic nitrogens is 2. The van der Waals surface area contributed by atoms with Crippen molar-refractivity contribution in [2.75, 3.05) is 7.05 Å². The van der Waals surface area contributed by atoms with Crippen LogP contribution >= 0.6 is 0 Å². The monoisotopic (exact) mass is 277 g/mol. The van der Waals surface area contributed by atoms with E-state index in [-0.39, 0.29) is 0 Å². The molecule has 5 nitrogen and oxygen atoms in total. The van der Waals surface area contributed by atoms with E-state index >= 15 is 0 Å². The average molecular weight is 277 g/mol. The molecular formula is C15H27N5. The van der Waals surface area contributed by atoms with Crippen LogP contribution in [0.4, 0.5) is 0 Å². The first-order valence-electron chi connectivity index (χ1n) is 7.90. The topological polar surface area (TPSA) is 59.1 Å². The van der Waals surface area contributed by atoms with Gasteiger partial charge in [-0.05, 0) is 57.6 Å². The van der Waals surface area contributed by atoms with Gasteiger partial charge < -0.3 is 4.90 Å². The minimum Gasteiger partial charge on any atom is -0.300 e. The number of nitrogens with two attached hydrogens (primary N) is 1. The molecule has 3 N–H and O–H groups in total. The van der Waals surface area contributed by atoms with Gasteiger partial charge in [0.05, 0.1) is 6.20 Å². The molecular weight excluding hydrogens is 250 g/mol. The smallest absolute Gasteiger partial charge is 0.0522 e. The van der Waals surface area contributed by atoms with Crippen LogP contribution in [0.15, 0.2) is 12.4 Å². The second-order valence-corrected chi connectivity index (χ2v) is 6.46. The van der Waals surface area contributed by atoms with E-state index in [1.54, 1.807) is 0 Å². The third-order valence-electron chi connectivity index (χ3n) is 5.38. The first-order valence-corrected chi connectivity index (χ1v) is 7.90. The highest BCUT2D eigenvalue weighted by Crippen LogP contribution is 2.39. The minimum absolute atomic E-state index is 0.376. The largest absolute Gasteiger partial charge is 0.300 e. The lowest BCUT2D eigenvalue weighted by Crippen LogP contribution is -2.49. The zero-order valence-electron chi connectivity index (χ0n) is 12.6. The molecule has 2 fully saturated rings. The molecule has 2 bridgehead atoms. The van der Waals surface area contributed by atoms with E-state index in [2.05, 4.69) is 35.6 Å². The van der Waals surface area contributed by atoms with Crippen LogP contribution in [0.5, 0.6) is 0 Å². The van der Waals surface area contributed by atoms with Crippen molar-refractivity contribution in [3.05, 3.63) is 18.0 Å². The Balaban J connectivity index is 1.65. The van der Waals surface area contributed by atoms with E-state index in [4.69, 9.17) is 5.84 Å². The fourth-order valence-electron chi connectivity index (χ4n) is 4.08. The molecule has 2 saturated heterocycles. The molecule has 3 rings (SSSR count). The van der Waals surface area contributed by atoms with E-state index in [1.807, 2.05) is 10.9 Å². The molecule has 0 saturated carbocycles. The maximum absolute atomic E-state index is 5.85. The lowest BCUT2D eigenvalue weighted by molar-refractivity contribution is 0.112. The molecule has 3 unspecified atom stereocenters. The van der Waals surface area contributed by atoms with Gasteiger partial charge in [0.15, 0.2) is 0 Å². The van der Waals surface area contributed by atoms with E-state index in [9.17, 15) is 0 Å². The van der Waals surface area contributed by atoms with Crippen molar-refractivity contribution < 1.29 is 0 Å². The van der Waals surface area contributed by atoms with Crippen LogP contribution < -0.4 is 11.3 Å². The van der Waals surface area contributed by atoms with Crippen LogP contribution in [-0.4, -0.2) is 39.9 Å². The molecule has 0 amide bonds. The normalized spacial score (nSPS) is 31.6. The number of hydrazine groups is 1. The molecule has 0 aromatic carbocycles. The van der Waals surface area contributed by atoms with Crippen molar-refractivity contribution in [1.29, 1.82) is 0 Å². The van der Waals surface area contributed by atoms with Crippen molar-refractivity contribution >= 4 is 0 Å². The third kappa shape index (κ3) is 2.62. The summed E-state index contributed by atoms with van der Waals surface area (Å²) in [6.45, 7) is 3.04. The van der Waals surface area contributed by atoms with E-state index in [0.29, 0.717) is 12.0 Å². The van der Waals surface area contributed by atoms with E-state index in [0.717, 1.165) is 25.0 Å². The number of fused-ring (bicyclic) bond motifs is 2. The molecule has 2 aliphatic heterocycles. The minimum atomic E-state index is 0.376. The van der Waals surface area contributed by atoms with Gasteiger partial charge >= 0.3 is 0 Å². The molecule has 0 aliphatic carbocycles. The molecule has 0 spiro atoms. The van der Waals surface area contributed by atoms with Crippen molar-refractivity contribution in [1.82, 2.24) is 20.1 Å². The van der Waals surface area contributed by atoms with Crippen LogP contribution in [0.2, 0.25) is 0 Å². The van der Waals surface area contributed by atoms with Gasteiger partial charge in [-0.25, -0.2) is 0 Å². The van der Waals surface area contributed by atoms with Crippen molar-refractivity contribution in [3.8, 4) is 0 Å². The van der Waals surface area contributed by atoms with E-state index in [1.165, 1.54) is 31.2 Å². The van der Waals surface area contributed by atoms with Crippen LogP contribution in [-0.2, 0) is 13.0 Å². The highest BCUT2D eigenvalue weighted by molar-refractivity contribution is 5.08. The summed E-state index contributed by atoms with van der Waals surface area (Å²) in [5.74, 6) is 6.54. The zero-order chi connectivity index (χ0) is 14.1. The molecule has 20 heavy (non-hydrogen) atoms. The van der Waals surface area contributed by atoms with Gasteiger partial charge in [-0.3, -0.25) is 16.0 Å². The Morgan fingerprint density at radius 3 is 2.65 bits per heavy atom. The summed E-state index contributed by atoms with van der Waals surface area (Å²) >= 11 is 0. The predicted octanol–water partition coefficient (Wildman–Crippen LogP) is 1.15. The number of piperidine rings is 1. The summed E-state index contributed by atoms with van der Waals surface area (Å²) in [5.41, 5.74) is 4.37. The molecule has 1 aromatic rings. The Hall–Kier alpha value is -0.910. The lowest BCUT2D eigenvalue weighted by atomic mass is 9.83. The molecule has 2 aliphatic rings. The van der Waals surface area contributed by atoms with Gasteiger partial charge in [0.25, 0.3) is 0 Å². The molecule has 5 heteroatoms. The van der Waals surface area contributed by atoms with Crippen molar-refractivity contribution in [2.45, 2.75) is 63.7 Å². The zero-order valence-corrected chi connectivity index (χ0v) is 12.6. The van der Waals surface area contributed by atoms with Gasteiger partial charge in [0.1, 0.15) is 0 Å². The second kappa shape index (κ2) is 5.84. The molecule has 112 valence electrons. The highest BCUT2D eigenvalue weighted by Gasteiger charge is 2.40. The Labute approximate surface area is 121 Å². The number of nitrogens with one attached hydrogen (secondary N) is 1. The summed E-state index contributed by atoms with van der Waals surface area (Å²) in [6, 6.07) is 1.92. The van der Waals surface area contributed by atoms with Gasteiger partial charge in [-0.2, -0.15) is 5.10 Å². The summed E-state index contributed by atoms with van der Waals surface area (Å²) < 4.78 is 1.99. The van der Waals surface area contributed by atoms with Gasteiger partial charge in [0.2, 0.25) is 0 Å². The SMILES string of the molecule is CCn1cc(CC(NN)C2CC3CCC(C2)N3C)cn1. The summed E-state index contributed by atoms with van der Waals surface area (Å²) in [6.07, 6.45) is 10.4. The highest BCUT2D eigenvalue weighted by atomic mass is 15.3. The maximum atomic E-state index is 5.85. The van der Waals surface area contributed by atoms with Gasteiger partial charge in [0, 0.05) is 30.9 Å². The van der Waals surface area contributed by atoms with Crippen LogP contribution in [0, 0.1) is 5.92 Å². The second-order valence-electron chi connectivity index (χ2n) is 6.46. The first kappa shape index (κ1) is 14.0. The van der Waals surface area contributed by atoms with Crippen LogP contribution in [0.1, 0.15) is 38.2 Å². The molecule has 3 heterocycles. The number of aryl methyl sites for hydroxylation is 1. The maximum Gasteiger partial charge on any atom is 0.0522 e. The summed E-state index contributed by atoms with van der Waals surface area (Å²) in [4.78, 5) is 2.58. The Kier molecular flexibility index (Phi) is 4.10. The first-order chi connectivity index (χ1) is 9.71. The van der Waals surface area contributed by atoms with Crippen molar-refractivity contribution in [3.63, 3.8) is 0 Å². The average Bonchev–Trinajstić information content (AvgIpc) is 2.97. The summed E-state index contributed by atoms with van der Waals surface area (Å²) in [5, 5.41) is 4.36. The standard InChI is InChI=1S/C15H27N5/c1-3-20-10-11(9-17-20)6-15(18-16)12-7-13-4-5-14(8-12)19(13)2/h9-10,12-15,18H,3-8,16H2,1-2H3. The lowest BCUT2D eigenvalue weighted by Gasteiger charge is -2.39. The van der Waals surface area contributed by atoms with Crippen LogP contribution in [0.3, 0.4) is 0 Å². The fourth-order valence-corrected chi connectivity index (χ4v) is 4.08. The van der Waals surface area contributed by atoms with Gasteiger partial charge in [-0.1, -0.05) is 0 Å². The Bertz CT molecular complexity index is 429. The summed E-state index contributed by atoms with van der Waals surface area (Å²) in [7, 11) is 2.29.